The first-order chi connectivity index (χ1) is 7.66. The van der Waals surface area contributed by atoms with Gasteiger partial charge in [-0.3, -0.25) is 4.98 Å². The summed E-state index contributed by atoms with van der Waals surface area (Å²) < 4.78 is 13.0. The summed E-state index contributed by atoms with van der Waals surface area (Å²) in [7, 11) is 0. The van der Waals surface area contributed by atoms with E-state index >= 15 is 0 Å². The van der Waals surface area contributed by atoms with Crippen LogP contribution in [0, 0.1) is 5.82 Å². The minimum absolute atomic E-state index is 0.383. The average Bonchev–Trinajstić information content (AvgIpc) is 2.28. The molecule has 0 spiro atoms. The Morgan fingerprint density at radius 1 is 1.19 bits per heavy atom. The Balaban J connectivity index is 2.35. The van der Waals surface area contributed by atoms with Crippen LogP contribution < -0.4 is 0 Å². The van der Waals surface area contributed by atoms with E-state index in [9.17, 15) is 9.50 Å². The normalized spacial score (nSPS) is 12.4. The topological polar surface area (TPSA) is 33.1 Å². The number of pyridine rings is 1. The third-order valence-corrected chi connectivity index (χ3v) is 2.41. The Morgan fingerprint density at radius 2 is 2.00 bits per heavy atom. The number of aliphatic hydroxyl groups excluding tert-OH is 1. The van der Waals surface area contributed by atoms with Crippen LogP contribution in [-0.2, 0) is 0 Å². The van der Waals surface area contributed by atoms with E-state index in [4.69, 9.17) is 11.6 Å². The lowest BCUT2D eigenvalue weighted by Gasteiger charge is -2.11. The van der Waals surface area contributed by atoms with Gasteiger partial charge in [0.15, 0.2) is 0 Å². The lowest BCUT2D eigenvalue weighted by atomic mass is 10.0. The van der Waals surface area contributed by atoms with Crippen molar-refractivity contribution in [2.45, 2.75) is 6.10 Å². The molecule has 0 amide bonds. The van der Waals surface area contributed by atoms with Crippen LogP contribution in [0.5, 0.6) is 0 Å². The van der Waals surface area contributed by atoms with Crippen molar-refractivity contribution >= 4 is 11.6 Å². The molecule has 1 aromatic carbocycles. The molecule has 0 aliphatic carbocycles. The number of benzene rings is 1. The van der Waals surface area contributed by atoms with E-state index in [-0.39, 0.29) is 5.82 Å². The van der Waals surface area contributed by atoms with Gasteiger partial charge >= 0.3 is 0 Å². The molecule has 2 rings (SSSR count). The summed E-state index contributed by atoms with van der Waals surface area (Å²) in [5, 5.41) is 10.4. The van der Waals surface area contributed by atoms with Crippen LogP contribution >= 0.6 is 11.6 Å². The Morgan fingerprint density at radius 3 is 2.69 bits per heavy atom. The van der Waals surface area contributed by atoms with Crippen LogP contribution in [0.4, 0.5) is 4.39 Å². The number of aromatic nitrogens is 1. The highest BCUT2D eigenvalue weighted by Gasteiger charge is 2.11. The molecule has 0 saturated heterocycles. The molecular weight excluding hydrogens is 229 g/mol. The zero-order chi connectivity index (χ0) is 11.5. The number of nitrogens with zero attached hydrogens (tertiary/aromatic N) is 1. The van der Waals surface area contributed by atoms with Crippen molar-refractivity contribution in [3.05, 3.63) is 64.7 Å². The fourth-order valence-electron chi connectivity index (χ4n) is 1.45. The number of hydrogen-bond donors (Lipinski definition) is 1. The molecule has 1 atom stereocenters. The summed E-state index contributed by atoms with van der Waals surface area (Å²) in [4.78, 5) is 3.87. The van der Waals surface area contributed by atoms with Gasteiger partial charge in [-0.05, 0) is 23.8 Å². The van der Waals surface area contributed by atoms with E-state index in [1.54, 1.807) is 18.2 Å². The van der Waals surface area contributed by atoms with Gasteiger partial charge in [-0.1, -0.05) is 23.7 Å². The molecular formula is C12H9ClFNO. The highest BCUT2D eigenvalue weighted by molar-refractivity contribution is 6.30. The maximum atomic E-state index is 13.0. The van der Waals surface area contributed by atoms with Crippen molar-refractivity contribution in [2.75, 3.05) is 0 Å². The monoisotopic (exact) mass is 237 g/mol. The third kappa shape index (κ3) is 2.38. The van der Waals surface area contributed by atoms with E-state index in [1.165, 1.54) is 24.5 Å². The lowest BCUT2D eigenvalue weighted by Crippen LogP contribution is -2.00. The van der Waals surface area contributed by atoms with Crippen LogP contribution in [-0.4, -0.2) is 10.1 Å². The molecule has 2 aromatic rings. The maximum absolute atomic E-state index is 13.0. The van der Waals surface area contributed by atoms with Crippen LogP contribution in [0.15, 0.2) is 42.7 Å². The van der Waals surface area contributed by atoms with Crippen molar-refractivity contribution in [1.82, 2.24) is 4.98 Å². The quantitative estimate of drug-likeness (QED) is 0.871. The summed E-state index contributed by atoms with van der Waals surface area (Å²) in [6.07, 6.45) is 2.06. The second-order valence-electron chi connectivity index (χ2n) is 3.39. The van der Waals surface area contributed by atoms with Crippen LogP contribution in [0.25, 0.3) is 0 Å². The first kappa shape index (κ1) is 11.0. The van der Waals surface area contributed by atoms with Crippen molar-refractivity contribution in [3.8, 4) is 0 Å². The smallest absolute Gasteiger partial charge is 0.123 e. The Labute approximate surface area is 97.3 Å². The minimum Gasteiger partial charge on any atom is -0.384 e. The maximum Gasteiger partial charge on any atom is 0.123 e. The number of halogens is 2. The average molecular weight is 238 g/mol. The SMILES string of the molecule is OC(c1cccc(F)c1)c1cncc(Cl)c1. The molecule has 1 N–H and O–H groups in total. The highest BCUT2D eigenvalue weighted by atomic mass is 35.5. The van der Waals surface area contributed by atoms with Gasteiger partial charge in [0.1, 0.15) is 11.9 Å². The molecule has 1 aromatic heterocycles. The fraction of sp³-hybridized carbons (Fsp3) is 0.0833. The van der Waals surface area contributed by atoms with Crippen molar-refractivity contribution in [1.29, 1.82) is 0 Å². The molecule has 1 unspecified atom stereocenters. The lowest BCUT2D eigenvalue weighted by molar-refractivity contribution is 0.219. The van der Waals surface area contributed by atoms with Crippen molar-refractivity contribution < 1.29 is 9.50 Å². The second kappa shape index (κ2) is 4.60. The van der Waals surface area contributed by atoms with E-state index in [2.05, 4.69) is 4.98 Å². The summed E-state index contributed by atoms with van der Waals surface area (Å²) in [5.41, 5.74) is 1.02. The summed E-state index contributed by atoms with van der Waals surface area (Å²) >= 11 is 5.76. The molecule has 2 nitrogen and oxygen atoms in total. The predicted molar refractivity (Wildman–Crippen MR) is 59.7 cm³/mol. The molecule has 0 aliphatic heterocycles. The van der Waals surface area contributed by atoms with Crippen molar-refractivity contribution in [2.24, 2.45) is 0 Å². The molecule has 0 fully saturated rings. The number of rotatable bonds is 2. The van der Waals surface area contributed by atoms with E-state index < -0.39 is 6.10 Å². The zero-order valence-electron chi connectivity index (χ0n) is 8.27. The highest BCUT2D eigenvalue weighted by Crippen LogP contribution is 2.23. The molecule has 16 heavy (non-hydrogen) atoms. The van der Waals surface area contributed by atoms with Gasteiger partial charge in [0, 0.05) is 18.0 Å². The molecule has 0 saturated carbocycles. The summed E-state index contributed by atoms with van der Waals surface area (Å²) in [6, 6.07) is 7.41. The fourth-order valence-corrected chi connectivity index (χ4v) is 1.63. The Hall–Kier alpha value is -1.45. The first-order valence-electron chi connectivity index (χ1n) is 4.71. The minimum atomic E-state index is -0.915. The second-order valence-corrected chi connectivity index (χ2v) is 3.83. The Kier molecular flexibility index (Phi) is 3.17. The number of aliphatic hydroxyl groups is 1. The van der Waals surface area contributed by atoms with Crippen LogP contribution in [0.1, 0.15) is 17.2 Å². The van der Waals surface area contributed by atoms with Gasteiger partial charge < -0.3 is 5.11 Å². The standard InChI is InChI=1S/C12H9ClFNO/c13-10-4-9(6-15-7-10)12(16)8-2-1-3-11(14)5-8/h1-7,12,16H. The van der Waals surface area contributed by atoms with Crippen LogP contribution in [0.3, 0.4) is 0 Å². The van der Waals surface area contributed by atoms with Gasteiger partial charge in [-0.25, -0.2) is 4.39 Å². The van der Waals surface area contributed by atoms with Crippen LogP contribution in [0.2, 0.25) is 5.02 Å². The van der Waals surface area contributed by atoms with Gasteiger partial charge in [-0.2, -0.15) is 0 Å². The summed E-state index contributed by atoms with van der Waals surface area (Å²) in [6.45, 7) is 0. The van der Waals surface area contributed by atoms with E-state index in [1.807, 2.05) is 0 Å². The van der Waals surface area contributed by atoms with E-state index in [0.29, 0.717) is 16.1 Å². The van der Waals surface area contributed by atoms with E-state index in [0.717, 1.165) is 0 Å². The first-order valence-corrected chi connectivity index (χ1v) is 5.08. The number of hydrogen-bond acceptors (Lipinski definition) is 2. The molecule has 1 heterocycles. The molecule has 0 aliphatic rings. The largest absolute Gasteiger partial charge is 0.384 e. The molecule has 4 heteroatoms. The third-order valence-electron chi connectivity index (χ3n) is 2.21. The molecule has 0 bridgehead atoms. The van der Waals surface area contributed by atoms with Gasteiger partial charge in [0.25, 0.3) is 0 Å². The van der Waals surface area contributed by atoms with Crippen molar-refractivity contribution in [3.63, 3.8) is 0 Å². The predicted octanol–water partition coefficient (Wildman–Crippen LogP) is 2.96. The zero-order valence-corrected chi connectivity index (χ0v) is 9.03. The molecule has 0 radical (unpaired) electrons. The molecule has 82 valence electrons. The van der Waals surface area contributed by atoms with Gasteiger partial charge in [-0.15, -0.1) is 0 Å². The Bertz CT molecular complexity index is 458. The van der Waals surface area contributed by atoms with Gasteiger partial charge in [0.2, 0.25) is 0 Å². The van der Waals surface area contributed by atoms with Gasteiger partial charge in [0.05, 0.1) is 5.02 Å². The summed E-state index contributed by atoms with van der Waals surface area (Å²) in [5.74, 6) is -0.383.